The number of hydrogen-bond acceptors (Lipinski definition) is 4. The molecule has 0 aromatic carbocycles. The van der Waals surface area contributed by atoms with Crippen molar-refractivity contribution in [2.24, 2.45) is 5.92 Å². The van der Waals surface area contributed by atoms with Crippen LogP contribution >= 0.6 is 24.8 Å². The van der Waals surface area contributed by atoms with Gasteiger partial charge in [-0.05, 0) is 44.6 Å². The van der Waals surface area contributed by atoms with Crippen LogP contribution in [-0.2, 0) is 9.53 Å². The van der Waals surface area contributed by atoms with Crippen molar-refractivity contribution in [1.82, 2.24) is 15.5 Å². The van der Waals surface area contributed by atoms with E-state index in [1.54, 1.807) is 0 Å². The first kappa shape index (κ1) is 21.0. The van der Waals surface area contributed by atoms with Gasteiger partial charge in [0.25, 0.3) is 0 Å². The second-order valence-corrected chi connectivity index (χ2v) is 6.82. The fraction of sp³-hybridized carbons (Fsp3) is 0.938. The first-order chi connectivity index (χ1) is 10.3. The second kappa shape index (κ2) is 10.7. The van der Waals surface area contributed by atoms with Crippen LogP contribution in [0.25, 0.3) is 0 Å². The van der Waals surface area contributed by atoms with Gasteiger partial charge in [0.05, 0.1) is 12.6 Å². The number of rotatable bonds is 4. The molecule has 2 atom stereocenters. The minimum atomic E-state index is 0. The molecule has 3 rings (SSSR count). The molecule has 5 nitrogen and oxygen atoms in total. The maximum atomic E-state index is 12.2. The van der Waals surface area contributed by atoms with Crippen molar-refractivity contribution >= 4 is 30.7 Å². The zero-order chi connectivity index (χ0) is 14.5. The number of hydrogen-bond donors (Lipinski definition) is 2. The van der Waals surface area contributed by atoms with Crippen LogP contribution in [0.1, 0.15) is 38.5 Å². The standard InChI is InChI=1S/C16H29N3O2.2ClH/c20-16(15-3-1-2-7-17-15)18-14-4-8-19(9-5-14)11-13-6-10-21-12-13;;/h13-15,17H,1-12H2,(H,18,20);2*1H/t13?,15-;;/m1../s1. The van der Waals surface area contributed by atoms with Gasteiger partial charge in [0.15, 0.2) is 0 Å². The summed E-state index contributed by atoms with van der Waals surface area (Å²) < 4.78 is 5.45. The maximum absolute atomic E-state index is 12.2. The maximum Gasteiger partial charge on any atom is 0.237 e. The van der Waals surface area contributed by atoms with Gasteiger partial charge in [-0.3, -0.25) is 4.79 Å². The number of halogens is 2. The van der Waals surface area contributed by atoms with E-state index in [1.165, 1.54) is 25.8 Å². The molecule has 0 saturated carbocycles. The molecular weight excluding hydrogens is 337 g/mol. The van der Waals surface area contributed by atoms with Gasteiger partial charge in [0.2, 0.25) is 5.91 Å². The van der Waals surface area contributed by atoms with Crippen LogP contribution in [0.3, 0.4) is 0 Å². The third-order valence-electron chi connectivity index (χ3n) is 5.10. The van der Waals surface area contributed by atoms with E-state index in [2.05, 4.69) is 15.5 Å². The topological polar surface area (TPSA) is 53.6 Å². The fourth-order valence-electron chi connectivity index (χ4n) is 3.73. The molecule has 0 bridgehead atoms. The average Bonchev–Trinajstić information content (AvgIpc) is 3.03. The third-order valence-corrected chi connectivity index (χ3v) is 5.10. The molecule has 0 radical (unpaired) electrons. The molecule has 3 saturated heterocycles. The van der Waals surface area contributed by atoms with Crippen LogP contribution < -0.4 is 10.6 Å². The molecule has 0 aromatic rings. The fourth-order valence-corrected chi connectivity index (χ4v) is 3.73. The van der Waals surface area contributed by atoms with E-state index in [0.717, 1.165) is 58.0 Å². The van der Waals surface area contributed by atoms with Gasteiger partial charge in [-0.15, -0.1) is 24.8 Å². The Bertz CT molecular complexity index is 340. The Labute approximate surface area is 152 Å². The Morgan fingerprint density at radius 2 is 1.91 bits per heavy atom. The quantitative estimate of drug-likeness (QED) is 0.791. The molecule has 3 heterocycles. The lowest BCUT2D eigenvalue weighted by Crippen LogP contribution is -2.52. The minimum Gasteiger partial charge on any atom is -0.381 e. The van der Waals surface area contributed by atoms with Crippen LogP contribution in [0.5, 0.6) is 0 Å². The summed E-state index contributed by atoms with van der Waals surface area (Å²) in [6, 6.07) is 0.421. The van der Waals surface area contributed by atoms with E-state index in [-0.39, 0.29) is 36.8 Å². The SMILES string of the molecule is Cl.Cl.O=C(NC1CCN(CC2CCOC2)CC1)[C@H]1CCCCN1. The van der Waals surface area contributed by atoms with E-state index in [4.69, 9.17) is 4.74 Å². The highest BCUT2D eigenvalue weighted by Crippen LogP contribution is 2.18. The van der Waals surface area contributed by atoms with Gasteiger partial charge >= 0.3 is 0 Å². The van der Waals surface area contributed by atoms with Crippen molar-refractivity contribution in [3.05, 3.63) is 0 Å². The smallest absolute Gasteiger partial charge is 0.237 e. The predicted octanol–water partition coefficient (Wildman–Crippen LogP) is 1.59. The summed E-state index contributed by atoms with van der Waals surface area (Å²) in [6.07, 6.45) is 6.76. The van der Waals surface area contributed by atoms with E-state index in [9.17, 15) is 4.79 Å². The molecule has 3 aliphatic heterocycles. The minimum absolute atomic E-state index is 0. The summed E-state index contributed by atoms with van der Waals surface area (Å²) in [6.45, 7) is 6.25. The van der Waals surface area contributed by atoms with Gasteiger partial charge in [0, 0.05) is 32.3 Å². The average molecular weight is 368 g/mol. The molecule has 3 aliphatic rings. The summed E-state index contributed by atoms with van der Waals surface area (Å²) in [4.78, 5) is 14.8. The lowest BCUT2D eigenvalue weighted by molar-refractivity contribution is -0.124. The summed E-state index contributed by atoms with van der Waals surface area (Å²) in [5.41, 5.74) is 0. The highest BCUT2D eigenvalue weighted by atomic mass is 35.5. The molecule has 1 unspecified atom stereocenters. The Balaban J connectivity index is 0.00000132. The Morgan fingerprint density at radius 3 is 2.52 bits per heavy atom. The van der Waals surface area contributed by atoms with Crippen LogP contribution in [-0.4, -0.2) is 62.3 Å². The molecule has 2 N–H and O–H groups in total. The van der Waals surface area contributed by atoms with Crippen molar-refractivity contribution in [1.29, 1.82) is 0 Å². The normalized spacial score (nSPS) is 29.4. The van der Waals surface area contributed by atoms with Gasteiger partial charge in [-0.2, -0.15) is 0 Å². The number of carbonyl (C=O) groups is 1. The highest BCUT2D eigenvalue weighted by Gasteiger charge is 2.27. The highest BCUT2D eigenvalue weighted by molar-refractivity contribution is 5.85. The van der Waals surface area contributed by atoms with Crippen LogP contribution in [0.2, 0.25) is 0 Å². The summed E-state index contributed by atoms with van der Waals surface area (Å²) >= 11 is 0. The number of likely N-dealkylation sites (tertiary alicyclic amines) is 1. The van der Waals surface area contributed by atoms with E-state index >= 15 is 0 Å². The summed E-state index contributed by atoms with van der Waals surface area (Å²) in [5, 5.41) is 6.58. The molecule has 0 aliphatic carbocycles. The van der Waals surface area contributed by atoms with E-state index in [0.29, 0.717) is 6.04 Å². The first-order valence-corrected chi connectivity index (χ1v) is 8.65. The van der Waals surface area contributed by atoms with E-state index in [1.807, 2.05) is 0 Å². The first-order valence-electron chi connectivity index (χ1n) is 8.65. The van der Waals surface area contributed by atoms with Crippen LogP contribution in [0, 0.1) is 5.92 Å². The zero-order valence-electron chi connectivity index (χ0n) is 13.8. The number of piperidine rings is 2. The number of carbonyl (C=O) groups excluding carboxylic acids is 1. The monoisotopic (exact) mass is 367 g/mol. The molecule has 3 fully saturated rings. The number of amides is 1. The molecule has 23 heavy (non-hydrogen) atoms. The second-order valence-electron chi connectivity index (χ2n) is 6.82. The van der Waals surface area contributed by atoms with Crippen molar-refractivity contribution < 1.29 is 9.53 Å². The van der Waals surface area contributed by atoms with Crippen molar-refractivity contribution in [3.8, 4) is 0 Å². The van der Waals surface area contributed by atoms with Crippen molar-refractivity contribution in [2.45, 2.75) is 50.6 Å². The Kier molecular flexibility index (Phi) is 9.78. The van der Waals surface area contributed by atoms with E-state index < -0.39 is 0 Å². The lowest BCUT2D eigenvalue weighted by atomic mass is 10.0. The molecule has 0 spiro atoms. The summed E-state index contributed by atoms with van der Waals surface area (Å²) in [5.74, 6) is 0.944. The third kappa shape index (κ3) is 6.39. The van der Waals surface area contributed by atoms with Gasteiger partial charge < -0.3 is 20.3 Å². The Hall–Kier alpha value is -0.0700. The lowest BCUT2D eigenvalue weighted by Gasteiger charge is -2.34. The Morgan fingerprint density at radius 1 is 1.13 bits per heavy atom. The molecule has 1 amide bonds. The molecule has 136 valence electrons. The molecule has 7 heteroatoms. The number of nitrogens with one attached hydrogen (secondary N) is 2. The van der Waals surface area contributed by atoms with Crippen LogP contribution in [0.15, 0.2) is 0 Å². The van der Waals surface area contributed by atoms with Crippen molar-refractivity contribution in [2.75, 3.05) is 39.4 Å². The van der Waals surface area contributed by atoms with Gasteiger partial charge in [-0.25, -0.2) is 0 Å². The zero-order valence-corrected chi connectivity index (χ0v) is 15.4. The van der Waals surface area contributed by atoms with Crippen molar-refractivity contribution in [3.63, 3.8) is 0 Å². The number of ether oxygens (including phenoxy) is 1. The molecule has 0 aromatic heterocycles. The predicted molar refractivity (Wildman–Crippen MR) is 96.7 cm³/mol. The van der Waals surface area contributed by atoms with Gasteiger partial charge in [-0.1, -0.05) is 6.42 Å². The summed E-state index contributed by atoms with van der Waals surface area (Å²) in [7, 11) is 0. The number of nitrogens with zero attached hydrogens (tertiary/aromatic N) is 1. The van der Waals surface area contributed by atoms with Gasteiger partial charge in [0.1, 0.15) is 0 Å². The largest absolute Gasteiger partial charge is 0.381 e. The van der Waals surface area contributed by atoms with Crippen LogP contribution in [0.4, 0.5) is 0 Å². The molecular formula is C16H31Cl2N3O2.